The van der Waals surface area contributed by atoms with Crippen LogP contribution in [0.1, 0.15) is 35.8 Å². The Morgan fingerprint density at radius 1 is 1.25 bits per heavy atom. The number of benzene rings is 2. The van der Waals surface area contributed by atoms with Crippen LogP contribution in [0.4, 0.5) is 4.39 Å². The van der Waals surface area contributed by atoms with E-state index < -0.39 is 0 Å². The zero-order chi connectivity index (χ0) is 19.8. The van der Waals surface area contributed by atoms with E-state index in [1.165, 1.54) is 12.1 Å². The quantitative estimate of drug-likeness (QED) is 0.569. The molecule has 1 atom stereocenters. The molecule has 3 rings (SSSR count). The van der Waals surface area contributed by atoms with E-state index in [2.05, 4.69) is 16.4 Å². The van der Waals surface area contributed by atoms with Crippen molar-refractivity contribution >= 4 is 0 Å². The first-order valence-electron chi connectivity index (χ1n) is 9.22. The number of aromatic nitrogens is 2. The van der Waals surface area contributed by atoms with Crippen LogP contribution in [-0.4, -0.2) is 16.2 Å². The molecule has 0 saturated carbocycles. The van der Waals surface area contributed by atoms with Crippen molar-refractivity contribution in [3.8, 4) is 11.8 Å². The minimum atomic E-state index is -0.272. The lowest BCUT2D eigenvalue weighted by Crippen LogP contribution is -2.25. The van der Waals surface area contributed by atoms with Crippen LogP contribution in [0.15, 0.2) is 60.9 Å². The van der Waals surface area contributed by atoms with Gasteiger partial charge in [-0.2, -0.15) is 5.26 Å². The first-order chi connectivity index (χ1) is 13.7. The summed E-state index contributed by atoms with van der Waals surface area (Å²) in [5.41, 5.74) is 1.87. The normalized spacial score (nSPS) is 11.8. The topological polar surface area (TPSA) is 62.9 Å². The molecule has 144 valence electrons. The molecule has 0 aliphatic rings. The average molecular weight is 378 g/mol. The standard InChI is InChI=1S/C22H23FN4O/c1-27-12-11-25-22(27)21(18-7-5-8-19(23)15-18)26-16-17-6-4-9-20(14-17)28-13-3-2-10-24/h4-9,11-12,14-15,21,26H,2-3,13,16H2,1H3. The number of nitrogens with one attached hydrogen (secondary N) is 1. The van der Waals surface area contributed by atoms with Crippen LogP contribution in [0, 0.1) is 17.1 Å². The highest BCUT2D eigenvalue weighted by Gasteiger charge is 2.18. The van der Waals surface area contributed by atoms with Crippen LogP contribution < -0.4 is 10.1 Å². The number of rotatable bonds is 9. The third-order valence-electron chi connectivity index (χ3n) is 4.41. The molecule has 1 aromatic heterocycles. The molecule has 5 nitrogen and oxygen atoms in total. The summed E-state index contributed by atoms with van der Waals surface area (Å²) in [7, 11) is 1.92. The van der Waals surface area contributed by atoms with Crippen LogP contribution in [0.3, 0.4) is 0 Å². The molecule has 0 bridgehead atoms. The lowest BCUT2D eigenvalue weighted by Gasteiger charge is -2.19. The molecular weight excluding hydrogens is 355 g/mol. The van der Waals surface area contributed by atoms with Gasteiger partial charge in [0, 0.05) is 32.4 Å². The number of imidazole rings is 1. The van der Waals surface area contributed by atoms with Gasteiger partial charge in [0.05, 0.1) is 18.7 Å². The molecule has 1 unspecified atom stereocenters. The Labute approximate surface area is 164 Å². The third-order valence-corrected chi connectivity index (χ3v) is 4.41. The zero-order valence-corrected chi connectivity index (χ0v) is 15.8. The van der Waals surface area contributed by atoms with Gasteiger partial charge in [-0.15, -0.1) is 0 Å². The maximum Gasteiger partial charge on any atom is 0.130 e. The summed E-state index contributed by atoms with van der Waals surface area (Å²) in [6, 6.07) is 16.3. The molecule has 0 spiro atoms. The van der Waals surface area contributed by atoms with Gasteiger partial charge < -0.3 is 9.30 Å². The van der Waals surface area contributed by atoms with Crippen molar-refractivity contribution in [2.75, 3.05) is 6.61 Å². The summed E-state index contributed by atoms with van der Waals surface area (Å²) in [4.78, 5) is 4.44. The van der Waals surface area contributed by atoms with E-state index in [4.69, 9.17) is 10.00 Å². The molecule has 0 amide bonds. The second kappa shape index (κ2) is 9.67. The Balaban J connectivity index is 1.72. The largest absolute Gasteiger partial charge is 0.494 e. The minimum Gasteiger partial charge on any atom is -0.494 e. The number of ether oxygens (including phenoxy) is 1. The van der Waals surface area contributed by atoms with Gasteiger partial charge in [0.1, 0.15) is 17.4 Å². The maximum atomic E-state index is 13.8. The summed E-state index contributed by atoms with van der Waals surface area (Å²) >= 11 is 0. The van der Waals surface area contributed by atoms with E-state index in [9.17, 15) is 4.39 Å². The third kappa shape index (κ3) is 5.18. The molecular formula is C22H23FN4O. The van der Waals surface area contributed by atoms with E-state index in [-0.39, 0.29) is 11.9 Å². The molecule has 0 fully saturated rings. The molecule has 0 radical (unpaired) electrons. The van der Waals surface area contributed by atoms with Gasteiger partial charge in [0.25, 0.3) is 0 Å². The summed E-state index contributed by atoms with van der Waals surface area (Å²) < 4.78 is 21.4. The Kier molecular flexibility index (Phi) is 6.77. The lowest BCUT2D eigenvalue weighted by atomic mass is 10.1. The molecule has 1 heterocycles. The summed E-state index contributed by atoms with van der Waals surface area (Å²) in [6.45, 7) is 1.09. The fourth-order valence-corrected chi connectivity index (χ4v) is 3.01. The van der Waals surface area contributed by atoms with E-state index >= 15 is 0 Å². The number of aryl methyl sites for hydroxylation is 1. The molecule has 2 aromatic carbocycles. The molecule has 1 N–H and O–H groups in total. The number of hydrogen-bond acceptors (Lipinski definition) is 4. The fourth-order valence-electron chi connectivity index (χ4n) is 3.01. The highest BCUT2D eigenvalue weighted by atomic mass is 19.1. The Bertz CT molecular complexity index is 947. The van der Waals surface area contributed by atoms with Gasteiger partial charge in [-0.05, 0) is 41.8 Å². The number of halogens is 1. The predicted molar refractivity (Wildman–Crippen MR) is 105 cm³/mol. The summed E-state index contributed by atoms with van der Waals surface area (Å²) in [5.74, 6) is 1.32. The van der Waals surface area contributed by atoms with Crippen LogP contribution in [0.2, 0.25) is 0 Å². The van der Waals surface area contributed by atoms with Crippen molar-refractivity contribution in [1.82, 2.24) is 14.9 Å². The smallest absolute Gasteiger partial charge is 0.130 e. The number of unbranched alkanes of at least 4 members (excludes halogenated alkanes) is 1. The Morgan fingerprint density at radius 3 is 2.86 bits per heavy atom. The van der Waals surface area contributed by atoms with Crippen molar-refractivity contribution in [1.29, 1.82) is 5.26 Å². The second-order valence-electron chi connectivity index (χ2n) is 6.52. The summed E-state index contributed by atoms with van der Waals surface area (Å²) in [6.07, 6.45) is 4.80. The van der Waals surface area contributed by atoms with Crippen LogP contribution in [0.25, 0.3) is 0 Å². The van der Waals surface area contributed by atoms with E-state index in [0.717, 1.165) is 22.7 Å². The number of nitrogens with zero attached hydrogens (tertiary/aromatic N) is 3. The highest BCUT2D eigenvalue weighted by molar-refractivity contribution is 5.30. The van der Waals surface area contributed by atoms with E-state index in [0.29, 0.717) is 26.0 Å². The summed E-state index contributed by atoms with van der Waals surface area (Å²) in [5, 5.41) is 12.1. The average Bonchev–Trinajstić information content (AvgIpc) is 3.12. The minimum absolute atomic E-state index is 0.240. The van der Waals surface area contributed by atoms with Gasteiger partial charge in [-0.1, -0.05) is 24.3 Å². The Morgan fingerprint density at radius 2 is 2.11 bits per heavy atom. The number of nitriles is 1. The molecule has 6 heteroatoms. The zero-order valence-electron chi connectivity index (χ0n) is 15.8. The number of hydrogen-bond donors (Lipinski definition) is 1. The van der Waals surface area contributed by atoms with E-state index in [1.54, 1.807) is 12.3 Å². The van der Waals surface area contributed by atoms with Crippen LogP contribution in [0.5, 0.6) is 5.75 Å². The van der Waals surface area contributed by atoms with Crippen molar-refractivity contribution in [3.63, 3.8) is 0 Å². The Hall–Kier alpha value is -3.17. The fraction of sp³-hybridized carbons (Fsp3) is 0.273. The van der Waals surface area contributed by atoms with Crippen LogP contribution >= 0.6 is 0 Å². The highest BCUT2D eigenvalue weighted by Crippen LogP contribution is 2.22. The van der Waals surface area contributed by atoms with Gasteiger partial charge in [0.15, 0.2) is 0 Å². The predicted octanol–water partition coefficient (Wildman–Crippen LogP) is 4.12. The molecule has 0 aliphatic carbocycles. The monoisotopic (exact) mass is 378 g/mol. The van der Waals surface area contributed by atoms with Gasteiger partial charge in [-0.25, -0.2) is 9.37 Å². The van der Waals surface area contributed by atoms with Gasteiger partial charge in [-0.3, -0.25) is 5.32 Å². The van der Waals surface area contributed by atoms with Crippen LogP contribution in [-0.2, 0) is 13.6 Å². The van der Waals surface area contributed by atoms with Crippen molar-refractivity contribution < 1.29 is 9.13 Å². The van der Waals surface area contributed by atoms with Crippen molar-refractivity contribution in [2.45, 2.75) is 25.4 Å². The SMILES string of the molecule is Cn1ccnc1C(NCc1cccc(OCCCC#N)c1)c1cccc(F)c1. The first kappa shape index (κ1) is 19.6. The molecule has 0 aliphatic heterocycles. The molecule has 28 heavy (non-hydrogen) atoms. The first-order valence-corrected chi connectivity index (χ1v) is 9.22. The molecule has 0 saturated heterocycles. The van der Waals surface area contributed by atoms with E-state index in [1.807, 2.05) is 48.1 Å². The second-order valence-corrected chi connectivity index (χ2v) is 6.52. The van der Waals surface area contributed by atoms with Crippen molar-refractivity contribution in [3.05, 3.63) is 83.7 Å². The maximum absolute atomic E-state index is 13.8. The van der Waals surface area contributed by atoms with Gasteiger partial charge >= 0.3 is 0 Å². The molecule has 3 aromatic rings. The van der Waals surface area contributed by atoms with Gasteiger partial charge in [0.2, 0.25) is 0 Å². The lowest BCUT2D eigenvalue weighted by molar-refractivity contribution is 0.312. The van der Waals surface area contributed by atoms with Crippen molar-refractivity contribution in [2.24, 2.45) is 7.05 Å².